The molecule has 194 valence electrons. The van der Waals surface area contributed by atoms with E-state index in [1.807, 2.05) is 6.07 Å². The van der Waals surface area contributed by atoms with Crippen LogP contribution in [0.1, 0.15) is 36.6 Å². The van der Waals surface area contributed by atoms with Gasteiger partial charge in [0.1, 0.15) is 22.9 Å². The van der Waals surface area contributed by atoms with Crippen LogP contribution in [-0.4, -0.2) is 41.2 Å². The lowest BCUT2D eigenvalue weighted by molar-refractivity contribution is -0.138. The van der Waals surface area contributed by atoms with Crippen LogP contribution in [0, 0.1) is 0 Å². The summed E-state index contributed by atoms with van der Waals surface area (Å²) in [5, 5.41) is 2.95. The van der Waals surface area contributed by atoms with E-state index in [1.54, 1.807) is 36.4 Å². The first-order chi connectivity index (χ1) is 18.9. The highest BCUT2D eigenvalue weighted by molar-refractivity contribution is 6.22. The largest absolute Gasteiger partial charge is 0.425 e. The molecule has 0 aliphatic carbocycles. The summed E-state index contributed by atoms with van der Waals surface area (Å²) in [4.78, 5) is 65.4. The topological polar surface area (TPSA) is 123 Å². The van der Waals surface area contributed by atoms with Gasteiger partial charge in [0.15, 0.2) is 0 Å². The minimum atomic E-state index is -1.25. The molecule has 3 aromatic carbocycles. The predicted octanol–water partition coefficient (Wildman–Crippen LogP) is 3.52. The Hall–Kier alpha value is -5.31. The van der Waals surface area contributed by atoms with Crippen molar-refractivity contribution in [2.45, 2.75) is 12.5 Å². The van der Waals surface area contributed by atoms with Crippen LogP contribution in [0.4, 0.5) is 0 Å². The van der Waals surface area contributed by atoms with Gasteiger partial charge in [-0.05, 0) is 35.9 Å². The summed E-state index contributed by atoms with van der Waals surface area (Å²) in [7, 11) is 0. The Morgan fingerprint density at radius 2 is 1.59 bits per heavy atom. The number of hydrogen-bond acceptors (Lipinski definition) is 7. The number of ether oxygens (including phenoxy) is 1. The van der Waals surface area contributed by atoms with E-state index in [2.05, 4.69) is 11.9 Å². The second kappa shape index (κ2) is 10.6. The van der Waals surface area contributed by atoms with Gasteiger partial charge < -0.3 is 14.5 Å². The molecule has 2 heterocycles. The number of imide groups is 1. The molecule has 0 spiro atoms. The lowest BCUT2D eigenvalue weighted by Crippen LogP contribution is -2.48. The average Bonchev–Trinajstić information content (AvgIpc) is 3.20. The standard InChI is InChI=1S/C30H22N2O7/c1-2-14-31-26(33)23-16-19-12-13-20(17-25(19)39-29(23)36)38-30(37)24(15-18-8-4-3-5-9-18)32-27(34)21-10-6-7-11-22(21)28(32)35/h2-13,16-17,24H,1,14-15H2,(H,31,33). The number of amides is 3. The number of nitrogens with zero attached hydrogens (tertiary/aromatic N) is 1. The summed E-state index contributed by atoms with van der Waals surface area (Å²) in [6.07, 6.45) is 1.52. The molecule has 1 aliphatic rings. The third-order valence-electron chi connectivity index (χ3n) is 6.26. The highest BCUT2D eigenvalue weighted by Crippen LogP contribution is 2.28. The van der Waals surface area contributed by atoms with E-state index in [4.69, 9.17) is 9.15 Å². The number of benzene rings is 3. The molecule has 0 saturated carbocycles. The molecule has 3 amide bonds. The SMILES string of the molecule is C=CCNC(=O)c1cc2ccc(OC(=O)C(Cc3ccccc3)N3C(=O)c4ccccc4C3=O)cc2oc1=O. The van der Waals surface area contributed by atoms with E-state index in [1.165, 1.54) is 42.5 Å². The number of carbonyl (C=O) groups excluding carboxylic acids is 4. The fraction of sp³-hybridized carbons (Fsp3) is 0.100. The van der Waals surface area contributed by atoms with Gasteiger partial charge in [0.25, 0.3) is 17.7 Å². The van der Waals surface area contributed by atoms with Crippen LogP contribution in [-0.2, 0) is 11.2 Å². The van der Waals surface area contributed by atoms with Crippen molar-refractivity contribution in [2.75, 3.05) is 6.54 Å². The van der Waals surface area contributed by atoms with Crippen LogP contribution in [0.2, 0.25) is 0 Å². The van der Waals surface area contributed by atoms with Crippen LogP contribution in [0.3, 0.4) is 0 Å². The quantitative estimate of drug-likeness (QED) is 0.123. The second-order valence-electron chi connectivity index (χ2n) is 8.80. The molecule has 0 saturated heterocycles. The number of fused-ring (bicyclic) bond motifs is 2. The van der Waals surface area contributed by atoms with Crippen molar-refractivity contribution in [3.63, 3.8) is 0 Å². The third-order valence-corrected chi connectivity index (χ3v) is 6.26. The van der Waals surface area contributed by atoms with Crippen LogP contribution in [0.25, 0.3) is 11.0 Å². The van der Waals surface area contributed by atoms with Gasteiger partial charge in [0.05, 0.1) is 11.1 Å². The van der Waals surface area contributed by atoms with E-state index < -0.39 is 35.4 Å². The maximum Gasteiger partial charge on any atom is 0.349 e. The molecule has 9 heteroatoms. The Morgan fingerprint density at radius 3 is 2.26 bits per heavy atom. The van der Waals surface area contributed by atoms with Crippen molar-refractivity contribution in [1.82, 2.24) is 10.2 Å². The second-order valence-corrected chi connectivity index (χ2v) is 8.80. The molecule has 1 aliphatic heterocycles. The van der Waals surface area contributed by atoms with Gasteiger partial charge >= 0.3 is 11.6 Å². The normalized spacial score (nSPS) is 13.2. The molecule has 9 nitrogen and oxygen atoms in total. The molecule has 0 radical (unpaired) electrons. The van der Waals surface area contributed by atoms with Gasteiger partial charge in [-0.1, -0.05) is 48.5 Å². The summed E-state index contributed by atoms with van der Waals surface area (Å²) in [6.45, 7) is 3.70. The Labute approximate surface area is 222 Å². The van der Waals surface area contributed by atoms with Crippen LogP contribution in [0.5, 0.6) is 5.75 Å². The first-order valence-corrected chi connectivity index (χ1v) is 12.1. The Kier molecular flexibility index (Phi) is 6.88. The van der Waals surface area contributed by atoms with Gasteiger partial charge in [-0.25, -0.2) is 9.59 Å². The van der Waals surface area contributed by atoms with Crippen LogP contribution in [0.15, 0.2) is 101 Å². The van der Waals surface area contributed by atoms with E-state index in [9.17, 15) is 24.0 Å². The Morgan fingerprint density at radius 1 is 0.923 bits per heavy atom. The van der Waals surface area contributed by atoms with Crippen molar-refractivity contribution in [3.05, 3.63) is 124 Å². The molecule has 0 bridgehead atoms. The summed E-state index contributed by atoms with van der Waals surface area (Å²) in [5.74, 6) is -2.57. The van der Waals surface area contributed by atoms with Crippen LogP contribution >= 0.6 is 0 Å². The minimum absolute atomic E-state index is 0.0363. The lowest BCUT2D eigenvalue weighted by Gasteiger charge is -2.24. The van der Waals surface area contributed by atoms with Gasteiger partial charge in [-0.3, -0.25) is 19.3 Å². The molecule has 1 aromatic heterocycles. The van der Waals surface area contributed by atoms with Gasteiger partial charge in [0, 0.05) is 24.4 Å². The van der Waals surface area contributed by atoms with E-state index in [0.29, 0.717) is 5.39 Å². The van der Waals surface area contributed by atoms with E-state index >= 15 is 0 Å². The number of hydrogen-bond donors (Lipinski definition) is 1. The molecule has 5 rings (SSSR count). The fourth-order valence-electron chi connectivity index (χ4n) is 4.37. The van der Waals surface area contributed by atoms with Crippen LogP contribution < -0.4 is 15.7 Å². The van der Waals surface area contributed by atoms with Crippen molar-refractivity contribution in [2.24, 2.45) is 0 Å². The van der Waals surface area contributed by atoms with Crippen molar-refractivity contribution in [1.29, 1.82) is 0 Å². The summed E-state index contributed by atoms with van der Waals surface area (Å²) >= 11 is 0. The highest BCUT2D eigenvalue weighted by atomic mass is 16.5. The smallest absolute Gasteiger partial charge is 0.349 e. The van der Waals surface area contributed by atoms with E-state index in [0.717, 1.165) is 10.5 Å². The Bertz CT molecular complexity index is 1660. The lowest BCUT2D eigenvalue weighted by atomic mass is 10.0. The van der Waals surface area contributed by atoms with Gasteiger partial charge in [-0.15, -0.1) is 6.58 Å². The predicted molar refractivity (Wildman–Crippen MR) is 142 cm³/mol. The minimum Gasteiger partial charge on any atom is -0.425 e. The summed E-state index contributed by atoms with van der Waals surface area (Å²) < 4.78 is 10.9. The first-order valence-electron chi connectivity index (χ1n) is 12.1. The highest BCUT2D eigenvalue weighted by Gasteiger charge is 2.43. The van der Waals surface area contributed by atoms with E-state index in [-0.39, 0.29) is 41.0 Å². The molecule has 1 N–H and O–H groups in total. The van der Waals surface area contributed by atoms with Crippen molar-refractivity contribution < 1.29 is 28.3 Å². The third kappa shape index (κ3) is 4.97. The summed E-state index contributed by atoms with van der Waals surface area (Å²) in [6, 6.07) is 19.8. The first kappa shape index (κ1) is 25.3. The van der Waals surface area contributed by atoms with Gasteiger partial charge in [0.2, 0.25) is 0 Å². The molecule has 1 unspecified atom stereocenters. The summed E-state index contributed by atoms with van der Waals surface area (Å²) in [5.41, 5.74) is 0.208. The number of esters is 1. The van der Waals surface area contributed by atoms with Gasteiger partial charge in [-0.2, -0.15) is 0 Å². The Balaban J connectivity index is 1.44. The molecule has 39 heavy (non-hydrogen) atoms. The monoisotopic (exact) mass is 522 g/mol. The molecular formula is C30H22N2O7. The zero-order valence-corrected chi connectivity index (χ0v) is 20.6. The zero-order valence-electron chi connectivity index (χ0n) is 20.6. The molecule has 1 atom stereocenters. The molecule has 0 fully saturated rings. The molecular weight excluding hydrogens is 500 g/mol. The fourth-order valence-corrected chi connectivity index (χ4v) is 4.37. The van der Waals surface area contributed by atoms with Crippen molar-refractivity contribution in [3.8, 4) is 5.75 Å². The number of carbonyl (C=O) groups is 4. The zero-order chi connectivity index (χ0) is 27.5. The maximum atomic E-state index is 13.5. The average molecular weight is 523 g/mol. The van der Waals surface area contributed by atoms with Crippen molar-refractivity contribution >= 4 is 34.7 Å². The maximum absolute atomic E-state index is 13.5. The molecule has 4 aromatic rings. The number of nitrogens with one attached hydrogen (secondary N) is 1. The number of rotatable bonds is 8.